The molecule has 5 nitrogen and oxygen atoms in total. The standard InChI is InChI=1S/C23H32N4O/c1-2-18-6-8-19(9-7-18)17-26-14-10-20(11-15-26)21-16-22(28)25-23(24-21)27-12-4-3-5-13-27/h6-9,16,20H,2-5,10-15,17H2,1H3,(H,24,25,28). The SMILES string of the molecule is CCc1ccc(CN2CCC(c3cc(=O)[nH]c(N4CCCCC4)n3)CC2)cc1. The van der Waals surface area contributed by atoms with E-state index in [0.29, 0.717) is 5.92 Å². The number of aryl methyl sites for hydroxylation is 1. The maximum Gasteiger partial charge on any atom is 0.252 e. The van der Waals surface area contributed by atoms with Crippen molar-refractivity contribution < 1.29 is 0 Å². The summed E-state index contributed by atoms with van der Waals surface area (Å²) in [6.45, 7) is 7.34. The lowest BCUT2D eigenvalue weighted by Gasteiger charge is -2.32. The lowest BCUT2D eigenvalue weighted by molar-refractivity contribution is 0.203. The average Bonchev–Trinajstić information content (AvgIpc) is 2.75. The van der Waals surface area contributed by atoms with Gasteiger partial charge in [-0.15, -0.1) is 0 Å². The van der Waals surface area contributed by atoms with Gasteiger partial charge >= 0.3 is 0 Å². The molecule has 0 bridgehead atoms. The highest BCUT2D eigenvalue weighted by Gasteiger charge is 2.23. The normalized spacial score (nSPS) is 19.1. The Balaban J connectivity index is 1.37. The van der Waals surface area contributed by atoms with Crippen LogP contribution in [0.15, 0.2) is 35.1 Å². The van der Waals surface area contributed by atoms with Gasteiger partial charge < -0.3 is 4.90 Å². The van der Waals surface area contributed by atoms with Crippen molar-refractivity contribution in [3.63, 3.8) is 0 Å². The molecule has 4 rings (SSSR count). The Bertz CT molecular complexity index is 815. The Kier molecular flexibility index (Phi) is 6.10. The number of hydrogen-bond acceptors (Lipinski definition) is 4. The topological polar surface area (TPSA) is 52.2 Å². The highest BCUT2D eigenvalue weighted by Crippen LogP contribution is 2.28. The number of H-pyrrole nitrogens is 1. The highest BCUT2D eigenvalue weighted by molar-refractivity contribution is 5.31. The van der Waals surface area contributed by atoms with Crippen LogP contribution in [0.25, 0.3) is 0 Å². The molecule has 1 aromatic heterocycles. The lowest BCUT2D eigenvalue weighted by atomic mass is 9.93. The van der Waals surface area contributed by atoms with Crippen LogP contribution in [0.3, 0.4) is 0 Å². The number of likely N-dealkylation sites (tertiary alicyclic amines) is 1. The molecule has 1 N–H and O–H groups in total. The Morgan fingerprint density at radius 2 is 1.68 bits per heavy atom. The van der Waals surface area contributed by atoms with Crippen molar-refractivity contribution >= 4 is 5.95 Å². The minimum atomic E-state index is -0.0102. The zero-order valence-corrected chi connectivity index (χ0v) is 17.0. The van der Waals surface area contributed by atoms with Gasteiger partial charge in [0.25, 0.3) is 5.56 Å². The van der Waals surface area contributed by atoms with Crippen LogP contribution in [0.4, 0.5) is 5.95 Å². The minimum Gasteiger partial charge on any atom is -0.342 e. The summed E-state index contributed by atoms with van der Waals surface area (Å²) in [5.74, 6) is 1.17. The van der Waals surface area contributed by atoms with Crippen LogP contribution in [0.5, 0.6) is 0 Å². The van der Waals surface area contributed by atoms with Crippen LogP contribution < -0.4 is 10.5 Å². The van der Waals surface area contributed by atoms with Crippen LogP contribution >= 0.6 is 0 Å². The smallest absolute Gasteiger partial charge is 0.252 e. The first-order valence-corrected chi connectivity index (χ1v) is 10.9. The third-order valence-corrected chi connectivity index (χ3v) is 6.25. The Hall–Kier alpha value is -2.14. The fourth-order valence-electron chi connectivity index (χ4n) is 4.45. The molecular weight excluding hydrogens is 348 g/mol. The van der Waals surface area contributed by atoms with Crippen molar-refractivity contribution in [2.45, 2.75) is 57.9 Å². The average molecular weight is 381 g/mol. The van der Waals surface area contributed by atoms with Crippen LogP contribution in [-0.4, -0.2) is 41.0 Å². The van der Waals surface area contributed by atoms with E-state index in [9.17, 15) is 4.79 Å². The zero-order valence-electron chi connectivity index (χ0n) is 17.0. The first kappa shape index (κ1) is 19.2. The molecule has 1 aromatic carbocycles. The van der Waals surface area contributed by atoms with Crippen LogP contribution in [0.2, 0.25) is 0 Å². The van der Waals surface area contributed by atoms with Crippen LogP contribution in [0.1, 0.15) is 61.8 Å². The summed E-state index contributed by atoms with van der Waals surface area (Å²) >= 11 is 0. The molecule has 0 spiro atoms. The summed E-state index contributed by atoms with van der Waals surface area (Å²) in [5, 5.41) is 0. The Labute approximate surface area is 167 Å². The van der Waals surface area contributed by atoms with Crippen molar-refractivity contribution in [2.75, 3.05) is 31.1 Å². The Morgan fingerprint density at radius 3 is 2.36 bits per heavy atom. The molecule has 0 amide bonds. The summed E-state index contributed by atoms with van der Waals surface area (Å²) in [4.78, 5) is 24.8. The van der Waals surface area contributed by atoms with Crippen molar-refractivity contribution in [3.8, 4) is 0 Å². The van der Waals surface area contributed by atoms with Crippen molar-refractivity contribution in [1.82, 2.24) is 14.9 Å². The second kappa shape index (κ2) is 8.91. The number of nitrogens with one attached hydrogen (secondary N) is 1. The summed E-state index contributed by atoms with van der Waals surface area (Å²) in [6, 6.07) is 10.7. The number of rotatable bonds is 5. The number of hydrogen-bond donors (Lipinski definition) is 1. The van der Waals surface area contributed by atoms with Gasteiger partial charge in [0.1, 0.15) is 0 Å². The fourth-order valence-corrected chi connectivity index (χ4v) is 4.45. The van der Waals surface area contributed by atoms with Crippen molar-refractivity contribution in [1.29, 1.82) is 0 Å². The molecule has 0 radical (unpaired) electrons. The van der Waals surface area contributed by atoms with E-state index in [2.05, 4.69) is 46.0 Å². The summed E-state index contributed by atoms with van der Waals surface area (Å²) < 4.78 is 0. The maximum absolute atomic E-state index is 12.2. The van der Waals surface area contributed by atoms with Gasteiger partial charge in [-0.3, -0.25) is 14.7 Å². The monoisotopic (exact) mass is 380 g/mol. The molecule has 0 saturated carbocycles. The second-order valence-corrected chi connectivity index (χ2v) is 8.26. The first-order valence-electron chi connectivity index (χ1n) is 10.9. The van der Waals surface area contributed by atoms with Gasteiger partial charge in [-0.2, -0.15) is 0 Å². The van der Waals surface area contributed by atoms with E-state index in [4.69, 9.17) is 4.98 Å². The summed E-state index contributed by atoms with van der Waals surface area (Å²) in [7, 11) is 0. The van der Waals surface area contributed by atoms with Crippen LogP contribution in [0, 0.1) is 0 Å². The predicted molar refractivity (Wildman–Crippen MR) is 114 cm³/mol. The number of benzene rings is 1. The molecule has 3 heterocycles. The molecule has 0 aliphatic carbocycles. The van der Waals surface area contributed by atoms with Gasteiger partial charge in [-0.25, -0.2) is 4.98 Å². The van der Waals surface area contributed by atoms with E-state index in [0.717, 1.165) is 63.6 Å². The number of anilines is 1. The third-order valence-electron chi connectivity index (χ3n) is 6.25. The number of nitrogens with zero attached hydrogens (tertiary/aromatic N) is 3. The molecule has 2 aliphatic heterocycles. The summed E-state index contributed by atoms with van der Waals surface area (Å²) in [5.41, 5.74) is 3.75. The molecule has 0 unspecified atom stereocenters. The van der Waals surface area contributed by atoms with E-state index in [-0.39, 0.29) is 5.56 Å². The fraction of sp³-hybridized carbons (Fsp3) is 0.565. The van der Waals surface area contributed by atoms with Crippen molar-refractivity contribution in [3.05, 3.63) is 57.5 Å². The van der Waals surface area contributed by atoms with E-state index in [1.165, 1.54) is 30.4 Å². The summed E-state index contributed by atoms with van der Waals surface area (Å²) in [6.07, 6.45) is 6.89. The van der Waals surface area contributed by atoms with Crippen LogP contribution in [-0.2, 0) is 13.0 Å². The Morgan fingerprint density at radius 1 is 1.00 bits per heavy atom. The molecule has 2 aliphatic rings. The van der Waals surface area contributed by atoms with Crippen molar-refractivity contribution in [2.24, 2.45) is 0 Å². The lowest BCUT2D eigenvalue weighted by Crippen LogP contribution is -2.35. The second-order valence-electron chi connectivity index (χ2n) is 8.26. The van der Waals surface area contributed by atoms with E-state index in [1.54, 1.807) is 6.07 Å². The van der Waals surface area contributed by atoms with Gasteiger partial charge in [-0.05, 0) is 62.7 Å². The number of aromatic amines is 1. The van der Waals surface area contributed by atoms with Gasteiger partial charge in [0, 0.05) is 31.6 Å². The van der Waals surface area contributed by atoms with E-state index in [1.807, 2.05) is 0 Å². The molecule has 150 valence electrons. The number of aromatic nitrogens is 2. The largest absolute Gasteiger partial charge is 0.342 e. The van der Waals surface area contributed by atoms with Gasteiger partial charge in [0.15, 0.2) is 0 Å². The van der Waals surface area contributed by atoms with E-state index < -0.39 is 0 Å². The molecule has 2 aromatic rings. The van der Waals surface area contributed by atoms with Gasteiger partial charge in [-0.1, -0.05) is 31.2 Å². The van der Waals surface area contributed by atoms with Gasteiger partial charge in [0.2, 0.25) is 5.95 Å². The highest BCUT2D eigenvalue weighted by atomic mass is 16.1. The molecule has 2 saturated heterocycles. The first-order chi connectivity index (χ1) is 13.7. The van der Waals surface area contributed by atoms with Gasteiger partial charge in [0.05, 0.1) is 5.69 Å². The molecule has 5 heteroatoms. The predicted octanol–water partition coefficient (Wildman–Crippen LogP) is 3.70. The molecular formula is C23H32N4O. The zero-order chi connectivity index (χ0) is 19.3. The minimum absolute atomic E-state index is 0.0102. The van der Waals surface area contributed by atoms with E-state index >= 15 is 0 Å². The molecule has 0 atom stereocenters. The maximum atomic E-state index is 12.2. The third kappa shape index (κ3) is 4.64. The quantitative estimate of drug-likeness (QED) is 0.859. The molecule has 2 fully saturated rings. The number of piperidine rings is 2. The molecule has 28 heavy (non-hydrogen) atoms.